The molecule has 0 atom stereocenters. The Morgan fingerprint density at radius 3 is 2.67 bits per heavy atom. The number of pyridine rings is 1. The molecule has 0 amide bonds. The van der Waals surface area contributed by atoms with Crippen LogP contribution in [0.1, 0.15) is 0 Å². The van der Waals surface area contributed by atoms with Crippen molar-refractivity contribution in [3.8, 4) is 5.69 Å². The summed E-state index contributed by atoms with van der Waals surface area (Å²) in [5, 5.41) is 7.34. The largest absolute Gasteiger partial charge is 0.382 e. The van der Waals surface area contributed by atoms with Crippen LogP contribution in [-0.4, -0.2) is 19.7 Å². The Morgan fingerprint density at radius 1 is 1.25 bits per heavy atom. The molecule has 0 aliphatic carbocycles. The SMILES string of the molecule is Nc1ncccc1-n1cnnc1. The molecule has 5 nitrogen and oxygen atoms in total. The first-order valence-corrected chi connectivity index (χ1v) is 3.43. The van der Waals surface area contributed by atoms with Gasteiger partial charge in [0.1, 0.15) is 18.5 Å². The van der Waals surface area contributed by atoms with Crippen LogP contribution in [-0.2, 0) is 0 Å². The van der Waals surface area contributed by atoms with Crippen molar-refractivity contribution in [2.24, 2.45) is 0 Å². The molecule has 2 aromatic rings. The van der Waals surface area contributed by atoms with E-state index in [1.54, 1.807) is 23.4 Å². The van der Waals surface area contributed by atoms with E-state index >= 15 is 0 Å². The van der Waals surface area contributed by atoms with Gasteiger partial charge < -0.3 is 5.73 Å². The molecule has 2 N–H and O–H groups in total. The van der Waals surface area contributed by atoms with Crippen molar-refractivity contribution in [3.05, 3.63) is 31.0 Å². The molecule has 5 heteroatoms. The smallest absolute Gasteiger partial charge is 0.147 e. The average Bonchev–Trinajstić information content (AvgIpc) is 2.57. The van der Waals surface area contributed by atoms with Gasteiger partial charge in [-0.2, -0.15) is 0 Å². The number of hydrogen-bond acceptors (Lipinski definition) is 4. The summed E-state index contributed by atoms with van der Waals surface area (Å²) in [6.07, 6.45) is 4.80. The summed E-state index contributed by atoms with van der Waals surface area (Å²) in [5.41, 5.74) is 6.42. The van der Waals surface area contributed by atoms with Gasteiger partial charge in [-0.25, -0.2) is 4.98 Å². The summed E-state index contributed by atoms with van der Waals surface area (Å²) in [6, 6.07) is 3.66. The van der Waals surface area contributed by atoms with E-state index < -0.39 is 0 Å². The molecule has 60 valence electrons. The molecular formula is C7H7N5. The predicted molar refractivity (Wildman–Crippen MR) is 43.6 cm³/mol. The van der Waals surface area contributed by atoms with Crippen LogP contribution in [0.15, 0.2) is 31.0 Å². The van der Waals surface area contributed by atoms with Crippen molar-refractivity contribution in [2.45, 2.75) is 0 Å². The third-order valence-electron chi connectivity index (χ3n) is 1.51. The molecule has 12 heavy (non-hydrogen) atoms. The summed E-state index contributed by atoms with van der Waals surface area (Å²) in [7, 11) is 0. The van der Waals surface area contributed by atoms with Gasteiger partial charge >= 0.3 is 0 Å². The van der Waals surface area contributed by atoms with Crippen LogP contribution in [0.25, 0.3) is 5.69 Å². The molecule has 0 unspecified atom stereocenters. The fourth-order valence-corrected chi connectivity index (χ4v) is 0.952. The lowest BCUT2D eigenvalue weighted by Crippen LogP contribution is -1.98. The lowest BCUT2D eigenvalue weighted by Gasteiger charge is -2.01. The maximum Gasteiger partial charge on any atom is 0.147 e. The van der Waals surface area contributed by atoms with Gasteiger partial charge in [-0.1, -0.05) is 0 Å². The van der Waals surface area contributed by atoms with Gasteiger partial charge in [-0.15, -0.1) is 10.2 Å². The van der Waals surface area contributed by atoms with Gasteiger partial charge in [0.2, 0.25) is 0 Å². The second kappa shape index (κ2) is 2.61. The Balaban J connectivity index is 2.55. The number of nitrogens with zero attached hydrogens (tertiary/aromatic N) is 4. The lowest BCUT2D eigenvalue weighted by molar-refractivity contribution is 1.04. The second-order valence-corrected chi connectivity index (χ2v) is 2.28. The fourth-order valence-electron chi connectivity index (χ4n) is 0.952. The van der Waals surface area contributed by atoms with Crippen LogP contribution in [0.4, 0.5) is 5.82 Å². The van der Waals surface area contributed by atoms with Crippen LogP contribution in [0.3, 0.4) is 0 Å². The topological polar surface area (TPSA) is 69.6 Å². The molecule has 0 aliphatic heterocycles. The minimum Gasteiger partial charge on any atom is -0.382 e. The number of nitrogens with two attached hydrogens (primary N) is 1. The van der Waals surface area contributed by atoms with Gasteiger partial charge in [-0.05, 0) is 12.1 Å². The molecule has 2 heterocycles. The van der Waals surface area contributed by atoms with Crippen molar-refractivity contribution in [1.29, 1.82) is 0 Å². The maximum absolute atomic E-state index is 5.62. The predicted octanol–water partition coefficient (Wildman–Crippen LogP) is 0.244. The summed E-state index contributed by atoms with van der Waals surface area (Å²) in [4.78, 5) is 3.94. The minimum atomic E-state index is 0.470. The highest BCUT2D eigenvalue weighted by molar-refractivity contribution is 5.50. The first-order chi connectivity index (χ1) is 5.88. The van der Waals surface area contributed by atoms with Crippen molar-refractivity contribution in [1.82, 2.24) is 19.7 Å². The van der Waals surface area contributed by atoms with Crippen molar-refractivity contribution in [3.63, 3.8) is 0 Å². The Bertz CT molecular complexity index is 367. The standard InChI is InChI=1S/C7H7N5/c8-7-6(2-1-3-9-7)12-4-10-11-5-12/h1-5H,(H2,8,9). The van der Waals surface area contributed by atoms with Gasteiger partial charge in [0, 0.05) is 6.20 Å². The molecule has 0 saturated heterocycles. The Kier molecular flexibility index (Phi) is 1.48. The van der Waals surface area contributed by atoms with Crippen LogP contribution in [0, 0.1) is 0 Å². The van der Waals surface area contributed by atoms with E-state index in [1.807, 2.05) is 12.1 Å². The molecule has 0 bridgehead atoms. The van der Waals surface area contributed by atoms with Crippen LogP contribution in [0.5, 0.6) is 0 Å². The number of hydrogen-bond donors (Lipinski definition) is 1. The van der Waals surface area contributed by atoms with E-state index in [2.05, 4.69) is 15.2 Å². The van der Waals surface area contributed by atoms with E-state index in [0.29, 0.717) is 5.82 Å². The fraction of sp³-hybridized carbons (Fsp3) is 0. The first-order valence-electron chi connectivity index (χ1n) is 3.43. The lowest BCUT2D eigenvalue weighted by atomic mass is 10.4. The van der Waals surface area contributed by atoms with Gasteiger partial charge in [0.25, 0.3) is 0 Å². The van der Waals surface area contributed by atoms with Crippen LogP contribution >= 0.6 is 0 Å². The van der Waals surface area contributed by atoms with Crippen molar-refractivity contribution < 1.29 is 0 Å². The monoisotopic (exact) mass is 161 g/mol. The maximum atomic E-state index is 5.62. The van der Waals surface area contributed by atoms with E-state index in [-0.39, 0.29) is 0 Å². The zero-order chi connectivity index (χ0) is 8.39. The molecular weight excluding hydrogens is 154 g/mol. The number of rotatable bonds is 1. The quantitative estimate of drug-likeness (QED) is 0.650. The van der Waals surface area contributed by atoms with Crippen molar-refractivity contribution >= 4 is 5.82 Å². The highest BCUT2D eigenvalue weighted by Gasteiger charge is 1.99. The summed E-state index contributed by atoms with van der Waals surface area (Å²) >= 11 is 0. The number of anilines is 1. The Morgan fingerprint density at radius 2 is 2.00 bits per heavy atom. The first kappa shape index (κ1) is 6.78. The van der Waals surface area contributed by atoms with Crippen LogP contribution < -0.4 is 5.73 Å². The summed E-state index contributed by atoms with van der Waals surface area (Å²) < 4.78 is 1.71. The zero-order valence-electron chi connectivity index (χ0n) is 6.25. The molecule has 2 aromatic heterocycles. The normalized spacial score (nSPS) is 10.0. The number of aromatic nitrogens is 4. The molecule has 0 radical (unpaired) electrons. The molecule has 0 aliphatic rings. The summed E-state index contributed by atoms with van der Waals surface area (Å²) in [6.45, 7) is 0. The molecule has 0 spiro atoms. The second-order valence-electron chi connectivity index (χ2n) is 2.28. The van der Waals surface area contributed by atoms with Crippen molar-refractivity contribution in [2.75, 3.05) is 5.73 Å². The Labute approximate surface area is 68.9 Å². The molecule has 2 rings (SSSR count). The Hall–Kier alpha value is -1.91. The summed E-state index contributed by atoms with van der Waals surface area (Å²) in [5.74, 6) is 0.470. The third-order valence-corrected chi connectivity index (χ3v) is 1.51. The molecule has 0 aromatic carbocycles. The minimum absolute atomic E-state index is 0.470. The van der Waals surface area contributed by atoms with Gasteiger partial charge in [0.15, 0.2) is 0 Å². The van der Waals surface area contributed by atoms with E-state index in [0.717, 1.165) is 5.69 Å². The van der Waals surface area contributed by atoms with Crippen LogP contribution in [0.2, 0.25) is 0 Å². The average molecular weight is 161 g/mol. The molecule has 0 saturated carbocycles. The zero-order valence-corrected chi connectivity index (χ0v) is 6.25. The van der Waals surface area contributed by atoms with E-state index in [9.17, 15) is 0 Å². The highest BCUT2D eigenvalue weighted by Crippen LogP contribution is 2.11. The highest BCUT2D eigenvalue weighted by atomic mass is 15.2. The van der Waals surface area contributed by atoms with Gasteiger partial charge in [0.05, 0.1) is 5.69 Å². The third kappa shape index (κ3) is 1.01. The van der Waals surface area contributed by atoms with Gasteiger partial charge in [-0.3, -0.25) is 4.57 Å². The molecule has 0 fully saturated rings. The van der Waals surface area contributed by atoms with E-state index in [1.165, 1.54) is 0 Å². The van der Waals surface area contributed by atoms with E-state index in [4.69, 9.17) is 5.73 Å². The number of nitrogen functional groups attached to an aromatic ring is 1.